The van der Waals surface area contributed by atoms with Crippen LogP contribution in [0.5, 0.6) is 0 Å². The topological polar surface area (TPSA) is 19.4 Å². The quantitative estimate of drug-likeness (QED) is 0.113. The molecule has 23 aromatic rings. The fourth-order valence-corrected chi connectivity index (χ4v) is 26.2. The van der Waals surface area contributed by atoms with E-state index in [4.69, 9.17) is 0 Å². The van der Waals surface area contributed by atoms with Crippen molar-refractivity contribution in [3.05, 3.63) is 425 Å². The fourth-order valence-electron chi connectivity index (χ4n) is 21.4. The summed E-state index contributed by atoms with van der Waals surface area (Å²) in [5, 5.41) is 9.99. The second kappa shape index (κ2) is 28.3. The Morgan fingerprint density at radius 1 is 0.198 bits per heavy atom. The van der Waals surface area contributed by atoms with Crippen LogP contribution in [0.15, 0.2) is 425 Å². The van der Waals surface area contributed by atoms with Gasteiger partial charge in [0.05, 0.1) is 58.6 Å². The van der Waals surface area contributed by atoms with Gasteiger partial charge in [0.15, 0.2) is 0 Å². The van der Waals surface area contributed by atoms with Crippen LogP contribution in [0, 0.1) is 0 Å². The molecular weight excluding hydrogens is 1600 g/mol. The Morgan fingerprint density at radius 2 is 0.516 bits per heavy atom. The third-order valence-corrected chi connectivity index (χ3v) is 31.4. The minimum Gasteiger partial charge on any atom is -0.311 e. The van der Waals surface area contributed by atoms with Crippen molar-refractivity contribution in [1.29, 1.82) is 0 Å². The number of nitrogens with zero attached hydrogens (tertiary/aromatic N) is 6. The Balaban J connectivity index is 0.793. The lowest BCUT2D eigenvalue weighted by Gasteiger charge is -2.48. The summed E-state index contributed by atoms with van der Waals surface area (Å²) in [6.45, 7) is -0.579. The molecule has 0 aliphatic carbocycles. The Labute approximate surface area is 744 Å². The molecule has 0 amide bonds. The summed E-state index contributed by atoms with van der Waals surface area (Å²) in [6.07, 6.45) is 0. The molecule has 586 valence electrons. The Hall–Kier alpha value is -15.0. The van der Waals surface area contributed by atoms with Gasteiger partial charge in [-0.3, -0.25) is 0 Å². The van der Waals surface area contributed by atoms with Crippen LogP contribution < -0.4 is 62.2 Å². The second-order valence-corrected chi connectivity index (χ2v) is 37.4. The van der Waals surface area contributed by atoms with Crippen LogP contribution >= 0.6 is 45.3 Å². The molecule has 4 aliphatic heterocycles. The lowest BCUT2D eigenvalue weighted by Crippen LogP contribution is -2.65. The minimum atomic E-state index is -0.292. The summed E-state index contributed by atoms with van der Waals surface area (Å²) >= 11 is 7.56. The van der Waals surface area contributed by atoms with E-state index in [2.05, 4.69) is 454 Å². The van der Waals surface area contributed by atoms with Crippen LogP contribution in [0.4, 0.5) is 102 Å². The average molecular weight is 1670 g/mol. The highest BCUT2D eigenvalue weighted by Gasteiger charge is 2.50. The lowest BCUT2D eigenvalue weighted by molar-refractivity contribution is 1.22. The zero-order chi connectivity index (χ0) is 82.3. The van der Waals surface area contributed by atoms with Gasteiger partial charge in [-0.05, 0) is 171 Å². The number of hydrogen-bond acceptors (Lipinski definition) is 10. The van der Waals surface area contributed by atoms with Crippen LogP contribution in [0.1, 0.15) is 0 Å². The molecule has 8 heterocycles. The highest BCUT2D eigenvalue weighted by atomic mass is 32.1. The maximum absolute atomic E-state index is 2.73. The van der Waals surface area contributed by atoms with E-state index < -0.39 is 0 Å². The zero-order valence-corrected chi connectivity index (χ0v) is 71.2. The van der Waals surface area contributed by atoms with Crippen LogP contribution in [-0.4, -0.2) is 13.4 Å². The molecule has 4 aliphatic rings. The van der Waals surface area contributed by atoms with E-state index in [0.29, 0.717) is 0 Å². The number of rotatable bonds is 12. The van der Waals surface area contributed by atoms with Gasteiger partial charge in [0.1, 0.15) is 0 Å². The maximum atomic E-state index is 2.73. The van der Waals surface area contributed by atoms with Crippen LogP contribution in [-0.2, 0) is 0 Å². The molecule has 27 rings (SSSR count). The van der Waals surface area contributed by atoms with Gasteiger partial charge >= 0.3 is 0 Å². The van der Waals surface area contributed by atoms with Crippen molar-refractivity contribution < 1.29 is 0 Å². The first-order valence-electron chi connectivity index (χ1n) is 43.1. The molecule has 0 saturated heterocycles. The van der Waals surface area contributed by atoms with Crippen molar-refractivity contribution in [2.45, 2.75) is 0 Å². The third-order valence-electron chi connectivity index (χ3n) is 26.5. The van der Waals surface area contributed by atoms with Crippen molar-refractivity contribution in [2.75, 3.05) is 29.4 Å². The Morgan fingerprint density at radius 3 is 0.968 bits per heavy atom. The highest BCUT2D eigenvalue weighted by Crippen LogP contribution is 2.58. The van der Waals surface area contributed by atoms with E-state index in [9.17, 15) is 0 Å². The molecule has 4 aromatic heterocycles. The molecule has 0 radical (unpaired) electrons. The Kier molecular flexibility index (Phi) is 16.1. The average Bonchev–Trinajstić information content (AvgIpc) is 0.837. The van der Waals surface area contributed by atoms with Gasteiger partial charge < -0.3 is 29.4 Å². The summed E-state index contributed by atoms with van der Waals surface area (Å²) in [5.41, 5.74) is 31.7. The summed E-state index contributed by atoms with van der Waals surface area (Å²) in [5.74, 6) is 0. The second-order valence-electron chi connectivity index (χ2n) is 33.2. The normalized spacial score (nSPS) is 13.0. The number of thiophene rings is 4. The molecule has 0 saturated carbocycles. The number of benzene rings is 19. The predicted molar refractivity (Wildman–Crippen MR) is 546 cm³/mol. The zero-order valence-electron chi connectivity index (χ0n) is 67.9. The van der Waals surface area contributed by atoms with Gasteiger partial charge in [0, 0.05) is 136 Å². The summed E-state index contributed by atoms with van der Waals surface area (Å²) in [4.78, 5) is 15.8. The van der Waals surface area contributed by atoms with Gasteiger partial charge in [0.2, 0.25) is 0 Å². The van der Waals surface area contributed by atoms with Gasteiger partial charge in [-0.25, -0.2) is 0 Å². The van der Waals surface area contributed by atoms with Gasteiger partial charge in [-0.1, -0.05) is 297 Å². The first-order chi connectivity index (χ1) is 62.6. The molecule has 0 fully saturated rings. The molecule has 126 heavy (non-hydrogen) atoms. The standard InChI is InChI=1S/C114H70B2N6S4/c1-6-33-71(34-7-1)78-47-28-48-79(72-35-8-2-9-36-72)110(78)118(74-39-12-4-13-40-74)77-67-100-108-102(68-77)121(96-59-31-51-86-82-45-18-26-63-106(82)125-113(86)96)92-55-22-20-53-88(92)115(108)90-69-91-99(70-98(90)119(100)75-41-14-5-15-42-75)122(97-60-32-52-87-83-46-19-27-64-107(83)126-114(87)97)103-66-76(117(73-37-10-3-11-38-73)94-57-29-49-84-80-43-16-24-61-104(80)123-111(84)94)65-101-109(103)116(91)89-54-21-23-56-93(89)120(101)95-58-30-50-85-81-44-17-25-62-105(81)124-112(85)95/h1-70H. The van der Waals surface area contributed by atoms with E-state index in [0.717, 1.165) is 125 Å². The van der Waals surface area contributed by atoms with Crippen LogP contribution in [0.2, 0.25) is 0 Å². The molecule has 6 nitrogen and oxygen atoms in total. The van der Waals surface area contributed by atoms with Crippen molar-refractivity contribution in [3.63, 3.8) is 0 Å². The molecule has 0 atom stereocenters. The van der Waals surface area contributed by atoms with Gasteiger partial charge in [-0.2, -0.15) is 0 Å². The summed E-state index contributed by atoms with van der Waals surface area (Å²) in [6, 6.07) is 161. The van der Waals surface area contributed by atoms with Gasteiger partial charge in [0.25, 0.3) is 13.4 Å². The molecule has 0 unspecified atom stereocenters. The minimum absolute atomic E-state index is 0.287. The fraction of sp³-hybridized carbons (Fsp3) is 0. The summed E-state index contributed by atoms with van der Waals surface area (Å²) < 4.78 is 9.97. The van der Waals surface area contributed by atoms with Crippen molar-refractivity contribution in [1.82, 2.24) is 0 Å². The largest absolute Gasteiger partial charge is 0.311 e. The summed E-state index contributed by atoms with van der Waals surface area (Å²) in [7, 11) is 0. The molecule has 0 spiro atoms. The Bertz CT molecular complexity index is 8380. The molecule has 0 bridgehead atoms. The number of hydrogen-bond donors (Lipinski definition) is 0. The molecule has 0 N–H and O–H groups in total. The van der Waals surface area contributed by atoms with Crippen molar-refractivity contribution in [2.24, 2.45) is 0 Å². The van der Waals surface area contributed by atoms with Crippen molar-refractivity contribution >= 4 is 275 Å². The number of fused-ring (bicyclic) bond motifs is 20. The molecule has 19 aromatic carbocycles. The smallest absolute Gasteiger partial charge is 0.252 e. The maximum Gasteiger partial charge on any atom is 0.252 e. The molecular formula is C114H70B2N6S4. The van der Waals surface area contributed by atoms with E-state index in [1.54, 1.807) is 0 Å². The number of para-hydroxylation sites is 6. The van der Waals surface area contributed by atoms with E-state index >= 15 is 0 Å². The van der Waals surface area contributed by atoms with Gasteiger partial charge in [-0.15, -0.1) is 45.3 Å². The monoisotopic (exact) mass is 1670 g/mol. The van der Waals surface area contributed by atoms with Crippen LogP contribution in [0.3, 0.4) is 0 Å². The van der Waals surface area contributed by atoms with Crippen LogP contribution in [0.25, 0.3) is 103 Å². The highest BCUT2D eigenvalue weighted by molar-refractivity contribution is 7.28. The first-order valence-corrected chi connectivity index (χ1v) is 46.4. The van der Waals surface area contributed by atoms with E-state index in [1.165, 1.54) is 113 Å². The van der Waals surface area contributed by atoms with E-state index in [-0.39, 0.29) is 13.4 Å². The first kappa shape index (κ1) is 71.6. The third kappa shape index (κ3) is 10.7. The number of anilines is 18. The van der Waals surface area contributed by atoms with Crippen molar-refractivity contribution in [3.8, 4) is 22.3 Å². The predicted octanol–water partition coefficient (Wildman–Crippen LogP) is 29.6. The molecule has 12 heteroatoms. The van der Waals surface area contributed by atoms with E-state index in [1.807, 2.05) is 45.3 Å². The lowest BCUT2D eigenvalue weighted by atomic mass is 9.30. The SMILES string of the molecule is c1ccc(-c2cccc(-c3ccccc3)c2N(c2ccccc2)c2cc3c4c(c2)N(c2cccc5c2sc2ccccc25)c2ccccc2B4c2cc4c(cc2N3c2ccccc2)N(c2cccc3c2sc2ccccc23)c2cc(N(c3ccccc3)c3cccc5c3sc3ccccc35)cc3c2B4c2ccccc2N3c2cccc3c2sc2ccccc23)cc1.